The minimum absolute atomic E-state index is 0.00103. The maximum Gasteiger partial charge on any atom is 0.226 e. The molecule has 6 heteroatoms. The molecule has 3 heterocycles. The fourth-order valence-corrected chi connectivity index (χ4v) is 3.50. The van der Waals surface area contributed by atoms with Crippen LogP contribution in [0.2, 0.25) is 0 Å². The van der Waals surface area contributed by atoms with Crippen molar-refractivity contribution in [2.24, 2.45) is 5.92 Å². The van der Waals surface area contributed by atoms with Crippen molar-refractivity contribution < 1.29 is 9.53 Å². The summed E-state index contributed by atoms with van der Waals surface area (Å²) in [6, 6.07) is 13.8. The summed E-state index contributed by atoms with van der Waals surface area (Å²) in [5.41, 5.74) is 4.01. The number of nitrogens with zero attached hydrogens (tertiary/aromatic N) is 3. The van der Waals surface area contributed by atoms with E-state index in [0.29, 0.717) is 19.6 Å². The van der Waals surface area contributed by atoms with Gasteiger partial charge in [-0.05, 0) is 42.7 Å². The SMILES string of the molecule is Cc1ccccc1-n1nccc1[C@H]1OCC[C@@H]1C(=O)NCc1cccnc1. The number of rotatable bonds is 5. The number of carbonyl (C=O) groups excluding carboxylic acids is 1. The van der Waals surface area contributed by atoms with Gasteiger partial charge < -0.3 is 10.1 Å². The van der Waals surface area contributed by atoms with Crippen LogP contribution in [0.15, 0.2) is 61.1 Å². The van der Waals surface area contributed by atoms with E-state index < -0.39 is 0 Å². The lowest BCUT2D eigenvalue weighted by Gasteiger charge is -2.20. The Morgan fingerprint density at radius 2 is 2.11 bits per heavy atom. The van der Waals surface area contributed by atoms with Gasteiger partial charge in [-0.2, -0.15) is 5.10 Å². The van der Waals surface area contributed by atoms with Crippen molar-refractivity contribution in [2.45, 2.75) is 26.0 Å². The third-order valence-electron chi connectivity index (χ3n) is 4.93. The molecule has 0 saturated carbocycles. The van der Waals surface area contributed by atoms with Gasteiger partial charge in [0.05, 0.1) is 17.3 Å². The molecule has 2 aromatic heterocycles. The summed E-state index contributed by atoms with van der Waals surface area (Å²) in [6.07, 6.45) is 5.63. The zero-order valence-corrected chi connectivity index (χ0v) is 15.2. The number of hydrogen-bond acceptors (Lipinski definition) is 4. The summed E-state index contributed by atoms with van der Waals surface area (Å²) < 4.78 is 7.83. The average Bonchev–Trinajstić information content (AvgIpc) is 3.36. The maximum atomic E-state index is 12.8. The second-order valence-corrected chi connectivity index (χ2v) is 6.72. The molecule has 0 radical (unpaired) electrons. The summed E-state index contributed by atoms with van der Waals surface area (Å²) in [5, 5.41) is 7.49. The standard InChI is InChI=1S/C21H22N4O2/c1-15-5-2-3-7-18(15)25-19(8-11-24-25)20-17(9-12-27-20)21(26)23-14-16-6-4-10-22-13-16/h2-8,10-11,13,17,20H,9,12,14H2,1H3,(H,23,26)/t17-,20-/m0/s1. The molecule has 2 atom stereocenters. The molecule has 1 aliphatic rings. The van der Waals surface area contributed by atoms with Crippen LogP contribution in [0.25, 0.3) is 5.69 Å². The maximum absolute atomic E-state index is 12.8. The molecule has 1 amide bonds. The van der Waals surface area contributed by atoms with Crippen molar-refractivity contribution in [1.82, 2.24) is 20.1 Å². The van der Waals surface area contributed by atoms with Gasteiger partial charge in [-0.3, -0.25) is 9.78 Å². The lowest BCUT2D eigenvalue weighted by molar-refractivity contribution is -0.127. The minimum atomic E-state index is -0.305. The van der Waals surface area contributed by atoms with Crippen molar-refractivity contribution >= 4 is 5.91 Å². The monoisotopic (exact) mass is 362 g/mol. The number of ether oxygens (including phenoxy) is 1. The molecule has 6 nitrogen and oxygen atoms in total. The number of aromatic nitrogens is 3. The van der Waals surface area contributed by atoms with Crippen LogP contribution in [0.1, 0.15) is 29.3 Å². The van der Waals surface area contributed by atoms with E-state index in [1.54, 1.807) is 18.6 Å². The Morgan fingerprint density at radius 1 is 1.22 bits per heavy atom. The molecule has 0 unspecified atom stereocenters. The molecule has 1 aromatic carbocycles. The van der Waals surface area contributed by atoms with E-state index in [1.165, 1.54) is 0 Å². The highest BCUT2D eigenvalue weighted by Gasteiger charge is 2.37. The third kappa shape index (κ3) is 3.61. The molecule has 4 rings (SSSR count). The second-order valence-electron chi connectivity index (χ2n) is 6.72. The van der Waals surface area contributed by atoms with Crippen molar-refractivity contribution in [3.63, 3.8) is 0 Å². The molecule has 1 N–H and O–H groups in total. The normalized spacial score (nSPS) is 19.1. The van der Waals surface area contributed by atoms with Crippen LogP contribution in [0.5, 0.6) is 0 Å². The number of amides is 1. The van der Waals surface area contributed by atoms with E-state index in [1.807, 2.05) is 54.1 Å². The largest absolute Gasteiger partial charge is 0.371 e. The molecular weight excluding hydrogens is 340 g/mol. The Labute approximate surface area is 158 Å². The van der Waals surface area contributed by atoms with E-state index in [2.05, 4.69) is 15.4 Å². The highest BCUT2D eigenvalue weighted by molar-refractivity contribution is 5.79. The molecule has 3 aromatic rings. The van der Waals surface area contributed by atoms with E-state index in [4.69, 9.17) is 4.74 Å². The zero-order chi connectivity index (χ0) is 18.6. The van der Waals surface area contributed by atoms with Crippen molar-refractivity contribution in [3.05, 3.63) is 77.9 Å². The number of aryl methyl sites for hydroxylation is 1. The lowest BCUT2D eigenvalue weighted by atomic mass is 9.97. The Bertz CT molecular complexity index is 923. The first-order valence-electron chi connectivity index (χ1n) is 9.12. The van der Waals surface area contributed by atoms with Gasteiger partial charge in [-0.25, -0.2) is 4.68 Å². The number of pyridine rings is 1. The highest BCUT2D eigenvalue weighted by atomic mass is 16.5. The topological polar surface area (TPSA) is 69.0 Å². The molecular formula is C21H22N4O2. The first kappa shape index (κ1) is 17.4. The Balaban J connectivity index is 1.53. The zero-order valence-electron chi connectivity index (χ0n) is 15.2. The van der Waals surface area contributed by atoms with Crippen LogP contribution in [-0.2, 0) is 16.1 Å². The van der Waals surface area contributed by atoms with Crippen LogP contribution in [0.3, 0.4) is 0 Å². The van der Waals surface area contributed by atoms with E-state index >= 15 is 0 Å². The predicted molar refractivity (Wildman–Crippen MR) is 101 cm³/mol. The first-order chi connectivity index (χ1) is 13.2. The summed E-state index contributed by atoms with van der Waals surface area (Å²) in [4.78, 5) is 16.9. The first-order valence-corrected chi connectivity index (χ1v) is 9.12. The molecule has 1 fully saturated rings. The number of carbonyl (C=O) groups is 1. The Hall–Kier alpha value is -2.99. The molecule has 1 saturated heterocycles. The Morgan fingerprint density at radius 3 is 2.93 bits per heavy atom. The number of hydrogen-bond donors (Lipinski definition) is 1. The fourth-order valence-electron chi connectivity index (χ4n) is 3.50. The van der Waals surface area contributed by atoms with Crippen LogP contribution >= 0.6 is 0 Å². The molecule has 0 aliphatic carbocycles. The summed E-state index contributed by atoms with van der Waals surface area (Å²) in [7, 11) is 0. The van der Waals surface area contributed by atoms with E-state index in [-0.39, 0.29) is 17.9 Å². The van der Waals surface area contributed by atoms with Crippen molar-refractivity contribution in [3.8, 4) is 5.69 Å². The van der Waals surface area contributed by atoms with E-state index in [9.17, 15) is 4.79 Å². The summed E-state index contributed by atoms with van der Waals surface area (Å²) >= 11 is 0. The Kier molecular flexibility index (Phi) is 4.98. The van der Waals surface area contributed by atoms with E-state index in [0.717, 1.165) is 22.5 Å². The lowest BCUT2D eigenvalue weighted by Crippen LogP contribution is -2.32. The predicted octanol–water partition coefficient (Wildman–Crippen LogP) is 2.97. The van der Waals surface area contributed by atoms with Crippen LogP contribution in [0.4, 0.5) is 0 Å². The summed E-state index contributed by atoms with van der Waals surface area (Å²) in [6.45, 7) is 3.08. The average molecular weight is 362 g/mol. The van der Waals surface area contributed by atoms with Gasteiger partial charge in [0, 0.05) is 31.7 Å². The minimum Gasteiger partial charge on any atom is -0.371 e. The van der Waals surface area contributed by atoms with Crippen LogP contribution in [0, 0.1) is 12.8 Å². The second kappa shape index (κ2) is 7.72. The molecule has 27 heavy (non-hydrogen) atoms. The van der Waals surface area contributed by atoms with Gasteiger partial charge >= 0.3 is 0 Å². The highest BCUT2D eigenvalue weighted by Crippen LogP contribution is 2.35. The van der Waals surface area contributed by atoms with Gasteiger partial charge in [0.2, 0.25) is 5.91 Å². The molecule has 0 bridgehead atoms. The van der Waals surface area contributed by atoms with Crippen molar-refractivity contribution in [1.29, 1.82) is 0 Å². The third-order valence-corrected chi connectivity index (χ3v) is 4.93. The smallest absolute Gasteiger partial charge is 0.226 e. The molecule has 1 aliphatic heterocycles. The van der Waals surface area contributed by atoms with Gasteiger partial charge in [-0.1, -0.05) is 24.3 Å². The number of nitrogens with one attached hydrogen (secondary N) is 1. The van der Waals surface area contributed by atoms with Crippen molar-refractivity contribution in [2.75, 3.05) is 6.61 Å². The molecule has 0 spiro atoms. The van der Waals surface area contributed by atoms with Gasteiger partial charge in [0.1, 0.15) is 6.10 Å². The van der Waals surface area contributed by atoms with Gasteiger partial charge in [0.25, 0.3) is 0 Å². The van der Waals surface area contributed by atoms with Crippen LogP contribution < -0.4 is 5.32 Å². The summed E-state index contributed by atoms with van der Waals surface area (Å²) in [5.74, 6) is -0.236. The number of benzene rings is 1. The van der Waals surface area contributed by atoms with Gasteiger partial charge in [0.15, 0.2) is 0 Å². The fraction of sp³-hybridized carbons (Fsp3) is 0.286. The number of para-hydroxylation sites is 1. The van der Waals surface area contributed by atoms with Crippen LogP contribution in [-0.4, -0.2) is 27.3 Å². The molecule has 138 valence electrons. The quantitative estimate of drug-likeness (QED) is 0.758. The van der Waals surface area contributed by atoms with Gasteiger partial charge in [-0.15, -0.1) is 0 Å².